The van der Waals surface area contributed by atoms with Crippen molar-refractivity contribution in [3.05, 3.63) is 34.9 Å². The summed E-state index contributed by atoms with van der Waals surface area (Å²) in [5.74, 6) is 0.476. The second-order valence-electron chi connectivity index (χ2n) is 5.19. The van der Waals surface area contributed by atoms with E-state index in [4.69, 9.17) is 4.74 Å². The van der Waals surface area contributed by atoms with Crippen molar-refractivity contribution in [3.8, 4) is 0 Å². The van der Waals surface area contributed by atoms with Gasteiger partial charge in [-0.1, -0.05) is 22.0 Å². The van der Waals surface area contributed by atoms with Gasteiger partial charge in [0.25, 0.3) is 0 Å². The molecule has 19 heavy (non-hydrogen) atoms. The monoisotopic (exact) mass is 322 g/mol. The molecular formula is C14H15BrN2O2. The number of benzene rings is 1. The highest BCUT2D eigenvalue weighted by atomic mass is 79.9. The average Bonchev–Trinajstić information content (AvgIpc) is 2.26. The highest BCUT2D eigenvalue weighted by Crippen LogP contribution is 2.21. The molecule has 0 radical (unpaired) electrons. The van der Waals surface area contributed by atoms with Crippen molar-refractivity contribution in [3.63, 3.8) is 0 Å². The number of carbonyl (C=O) groups excluding carboxylic acids is 1. The fourth-order valence-corrected chi connectivity index (χ4v) is 1.97. The van der Waals surface area contributed by atoms with Gasteiger partial charge in [0.1, 0.15) is 11.4 Å². The van der Waals surface area contributed by atoms with Gasteiger partial charge in [-0.25, -0.2) is 9.78 Å². The second-order valence-corrected chi connectivity index (χ2v) is 6.10. The van der Waals surface area contributed by atoms with Crippen LogP contribution in [-0.4, -0.2) is 16.7 Å². The molecule has 0 atom stereocenters. The largest absolute Gasteiger partial charge is 0.444 e. The molecule has 0 saturated carbocycles. The highest BCUT2D eigenvalue weighted by molar-refractivity contribution is 9.10. The Morgan fingerprint density at radius 3 is 2.68 bits per heavy atom. The molecule has 0 fully saturated rings. The number of anilines is 1. The number of fused-ring (bicyclic) bond motifs is 1. The Morgan fingerprint density at radius 1 is 1.26 bits per heavy atom. The predicted molar refractivity (Wildman–Crippen MR) is 79.3 cm³/mol. The van der Waals surface area contributed by atoms with Crippen molar-refractivity contribution in [2.75, 3.05) is 5.32 Å². The zero-order chi connectivity index (χ0) is 14.0. The molecule has 1 N–H and O–H groups in total. The molecule has 0 spiro atoms. The van der Waals surface area contributed by atoms with Gasteiger partial charge in [0, 0.05) is 16.1 Å². The van der Waals surface area contributed by atoms with Crippen molar-refractivity contribution in [1.29, 1.82) is 0 Å². The Balaban J connectivity index is 2.18. The zero-order valence-electron chi connectivity index (χ0n) is 11.0. The topological polar surface area (TPSA) is 51.2 Å². The van der Waals surface area contributed by atoms with Crippen LogP contribution < -0.4 is 5.32 Å². The summed E-state index contributed by atoms with van der Waals surface area (Å²) >= 11 is 3.41. The summed E-state index contributed by atoms with van der Waals surface area (Å²) in [7, 11) is 0. The van der Waals surface area contributed by atoms with E-state index in [9.17, 15) is 4.79 Å². The van der Waals surface area contributed by atoms with Crippen LogP contribution in [0.3, 0.4) is 0 Å². The van der Waals surface area contributed by atoms with Crippen LogP contribution in [0.2, 0.25) is 0 Å². The van der Waals surface area contributed by atoms with Gasteiger partial charge < -0.3 is 4.74 Å². The molecule has 0 aliphatic rings. The Labute approximate surface area is 120 Å². The van der Waals surface area contributed by atoms with E-state index in [1.807, 2.05) is 45.0 Å². The maximum absolute atomic E-state index is 11.6. The minimum atomic E-state index is -0.522. The second kappa shape index (κ2) is 5.17. The molecule has 1 aromatic heterocycles. The Bertz CT molecular complexity index is 620. The quantitative estimate of drug-likeness (QED) is 0.849. The van der Waals surface area contributed by atoms with E-state index >= 15 is 0 Å². The Morgan fingerprint density at radius 2 is 2.00 bits per heavy atom. The zero-order valence-corrected chi connectivity index (χ0v) is 12.6. The molecule has 0 bridgehead atoms. The lowest BCUT2D eigenvalue weighted by Crippen LogP contribution is -2.27. The summed E-state index contributed by atoms with van der Waals surface area (Å²) in [5, 5.41) is 4.63. The molecule has 0 saturated heterocycles. The van der Waals surface area contributed by atoms with Gasteiger partial charge in [-0.3, -0.25) is 5.32 Å². The van der Waals surface area contributed by atoms with Crippen molar-refractivity contribution < 1.29 is 9.53 Å². The molecule has 100 valence electrons. The lowest BCUT2D eigenvalue weighted by atomic mass is 10.2. The van der Waals surface area contributed by atoms with E-state index in [0.29, 0.717) is 5.82 Å². The van der Waals surface area contributed by atoms with Crippen molar-refractivity contribution in [1.82, 2.24) is 4.98 Å². The van der Waals surface area contributed by atoms with Crippen LogP contribution in [0.25, 0.3) is 10.8 Å². The third kappa shape index (κ3) is 3.92. The maximum Gasteiger partial charge on any atom is 0.413 e. The van der Waals surface area contributed by atoms with E-state index in [2.05, 4.69) is 26.2 Å². The Kier molecular flexibility index (Phi) is 3.75. The summed E-state index contributed by atoms with van der Waals surface area (Å²) in [6.07, 6.45) is 1.21. The first-order valence-electron chi connectivity index (χ1n) is 5.89. The molecule has 2 aromatic rings. The van der Waals surface area contributed by atoms with Gasteiger partial charge >= 0.3 is 6.09 Å². The number of hydrogen-bond acceptors (Lipinski definition) is 3. The molecule has 1 heterocycles. The minimum absolute atomic E-state index is 0.476. The third-order valence-electron chi connectivity index (χ3n) is 2.31. The molecule has 4 nitrogen and oxygen atoms in total. The first kappa shape index (κ1) is 13.8. The van der Waals surface area contributed by atoms with Crippen LogP contribution in [0.5, 0.6) is 0 Å². The average molecular weight is 323 g/mol. The van der Waals surface area contributed by atoms with E-state index in [1.54, 1.807) is 6.20 Å². The lowest BCUT2D eigenvalue weighted by molar-refractivity contribution is 0.0635. The summed E-state index contributed by atoms with van der Waals surface area (Å²) in [5.41, 5.74) is -0.522. The molecule has 0 unspecified atom stereocenters. The van der Waals surface area contributed by atoms with E-state index < -0.39 is 11.7 Å². The van der Waals surface area contributed by atoms with E-state index in [-0.39, 0.29) is 0 Å². The first-order chi connectivity index (χ1) is 8.83. The number of rotatable bonds is 1. The van der Waals surface area contributed by atoms with Gasteiger partial charge in [0.2, 0.25) is 0 Å². The molecule has 2 rings (SSSR count). The SMILES string of the molecule is CC(C)(C)OC(=O)Nc1cc2ccc(Br)cc2cn1. The van der Waals surface area contributed by atoms with E-state index in [1.165, 1.54) is 0 Å². The van der Waals surface area contributed by atoms with Crippen molar-refractivity contribution in [2.45, 2.75) is 26.4 Å². The van der Waals surface area contributed by atoms with Gasteiger partial charge in [0.05, 0.1) is 0 Å². The lowest BCUT2D eigenvalue weighted by Gasteiger charge is -2.19. The number of hydrogen-bond donors (Lipinski definition) is 1. The van der Waals surface area contributed by atoms with Gasteiger partial charge in [-0.2, -0.15) is 0 Å². The Hall–Kier alpha value is -1.62. The molecule has 1 aromatic carbocycles. The summed E-state index contributed by atoms with van der Waals surface area (Å²) < 4.78 is 6.17. The van der Waals surface area contributed by atoms with Crippen LogP contribution in [0.1, 0.15) is 20.8 Å². The number of nitrogens with zero attached hydrogens (tertiary/aromatic N) is 1. The predicted octanol–water partition coefficient (Wildman–Crippen LogP) is 4.34. The normalized spacial score (nSPS) is 11.4. The number of ether oxygens (including phenoxy) is 1. The summed E-state index contributed by atoms with van der Waals surface area (Å²) in [4.78, 5) is 15.8. The van der Waals surface area contributed by atoms with Crippen LogP contribution in [0.4, 0.5) is 10.6 Å². The van der Waals surface area contributed by atoms with Gasteiger partial charge in [0.15, 0.2) is 0 Å². The van der Waals surface area contributed by atoms with Crippen LogP contribution in [0, 0.1) is 0 Å². The van der Waals surface area contributed by atoms with Gasteiger partial charge in [-0.05, 0) is 44.4 Å². The molecule has 5 heteroatoms. The minimum Gasteiger partial charge on any atom is -0.444 e. The van der Waals surface area contributed by atoms with Gasteiger partial charge in [-0.15, -0.1) is 0 Å². The number of nitrogens with one attached hydrogen (secondary N) is 1. The van der Waals surface area contributed by atoms with Crippen LogP contribution >= 0.6 is 15.9 Å². The number of amides is 1. The number of pyridine rings is 1. The standard InChI is InChI=1S/C14H15BrN2O2/c1-14(2,3)19-13(18)17-12-7-9-4-5-11(15)6-10(9)8-16-12/h4-8H,1-3H3,(H,16,17,18). The summed E-state index contributed by atoms with van der Waals surface area (Å²) in [6.45, 7) is 5.45. The first-order valence-corrected chi connectivity index (χ1v) is 6.68. The number of carbonyl (C=O) groups is 1. The molecular weight excluding hydrogens is 308 g/mol. The van der Waals surface area contributed by atoms with E-state index in [0.717, 1.165) is 15.2 Å². The summed E-state index contributed by atoms with van der Waals surface area (Å²) in [6, 6.07) is 7.69. The third-order valence-corrected chi connectivity index (χ3v) is 2.81. The van der Waals surface area contributed by atoms with Crippen LogP contribution in [0.15, 0.2) is 34.9 Å². The maximum atomic E-state index is 11.6. The molecule has 0 aliphatic carbocycles. The number of halogens is 1. The highest BCUT2D eigenvalue weighted by Gasteiger charge is 2.16. The van der Waals surface area contributed by atoms with Crippen LogP contribution in [-0.2, 0) is 4.74 Å². The number of aromatic nitrogens is 1. The molecule has 0 aliphatic heterocycles. The van der Waals surface area contributed by atoms with Crippen molar-refractivity contribution in [2.24, 2.45) is 0 Å². The fraction of sp³-hybridized carbons (Fsp3) is 0.286. The van der Waals surface area contributed by atoms with Crippen molar-refractivity contribution >= 4 is 38.6 Å². The fourth-order valence-electron chi connectivity index (χ4n) is 1.59. The smallest absolute Gasteiger partial charge is 0.413 e. The molecule has 1 amide bonds.